The first-order valence-electron chi connectivity index (χ1n) is 28.8. The van der Waals surface area contributed by atoms with Crippen LogP contribution in [0.15, 0.2) is 103 Å². The second kappa shape index (κ2) is 16.4. The summed E-state index contributed by atoms with van der Waals surface area (Å²) in [6, 6.07) is 43.6. The van der Waals surface area contributed by atoms with Crippen LogP contribution in [0.1, 0.15) is 187 Å². The summed E-state index contributed by atoms with van der Waals surface area (Å²) < 4.78 is 2.90. The summed E-state index contributed by atoms with van der Waals surface area (Å²) in [7, 11) is -1.65. The molecule has 0 fully saturated rings. The predicted molar refractivity (Wildman–Crippen MR) is 333 cm³/mol. The van der Waals surface area contributed by atoms with Crippen molar-refractivity contribution in [2.45, 2.75) is 206 Å². The minimum atomic E-state index is -1.65. The molecule has 6 aromatic carbocycles. The van der Waals surface area contributed by atoms with Gasteiger partial charge >= 0.3 is 0 Å². The van der Waals surface area contributed by atoms with Crippen LogP contribution in [-0.2, 0) is 43.9 Å². The van der Waals surface area contributed by atoms with Crippen molar-refractivity contribution in [2.75, 3.05) is 9.80 Å². The molecule has 0 amide bonds. The smallest absolute Gasteiger partial charge is 0.264 e. The molecule has 5 heteroatoms. The SMILES string of the molecule is CC(C)(C)c1ccc(N2c3cc(C[Si](C)(C)C)cc4c3B(c3ccc5c(c3N4c3ccc4c(c3)C(C)(C)CCC4(C)C)C(C)(C)CCC5(C)C)c3sc4cc5c(cc4c32)C(C)(C)CCC5(C)C)c(-c2ccccc2)c1. The monoisotopic (exact) mass is 1020 g/mol. The van der Waals surface area contributed by atoms with Gasteiger partial charge in [0, 0.05) is 51.2 Å². The quantitative estimate of drug-likeness (QED) is 0.159. The molecule has 0 radical (unpaired) electrons. The van der Waals surface area contributed by atoms with Crippen molar-refractivity contribution in [2.24, 2.45) is 0 Å². The van der Waals surface area contributed by atoms with Crippen LogP contribution >= 0.6 is 11.3 Å². The van der Waals surface area contributed by atoms with Gasteiger partial charge in [-0.3, -0.25) is 0 Å². The molecule has 7 aromatic rings. The average molecular weight is 1030 g/mol. The first kappa shape index (κ1) is 50.9. The summed E-state index contributed by atoms with van der Waals surface area (Å²) in [6.07, 6.45) is 7.12. The lowest BCUT2D eigenvalue weighted by Crippen LogP contribution is -2.61. The van der Waals surface area contributed by atoms with Crippen LogP contribution in [0.5, 0.6) is 0 Å². The molecular weight excluding hydrogens is 940 g/mol. The molecule has 0 saturated carbocycles. The van der Waals surface area contributed by atoms with Gasteiger partial charge in [-0.2, -0.15) is 0 Å². The molecule has 0 bridgehead atoms. The molecule has 388 valence electrons. The highest BCUT2D eigenvalue weighted by molar-refractivity contribution is 7.33. The Bertz CT molecular complexity index is 3510. The topological polar surface area (TPSA) is 6.48 Å². The number of nitrogens with zero attached hydrogens (tertiary/aromatic N) is 2. The molecule has 5 aliphatic rings. The van der Waals surface area contributed by atoms with Crippen molar-refractivity contribution < 1.29 is 0 Å². The highest BCUT2D eigenvalue weighted by atomic mass is 32.1. The van der Waals surface area contributed by atoms with Crippen molar-refractivity contribution in [1.29, 1.82) is 0 Å². The molecule has 1 aromatic heterocycles. The number of fused-ring (bicyclic) bond motifs is 10. The zero-order chi connectivity index (χ0) is 53.5. The van der Waals surface area contributed by atoms with Gasteiger partial charge < -0.3 is 9.80 Å². The Hall–Kier alpha value is -4.84. The Morgan fingerprint density at radius 3 is 1.68 bits per heavy atom. The fourth-order valence-electron chi connectivity index (χ4n) is 14.8. The summed E-state index contributed by atoms with van der Waals surface area (Å²) >= 11 is 2.10. The average Bonchev–Trinajstić information content (AvgIpc) is 3.73. The van der Waals surface area contributed by atoms with E-state index in [1.807, 2.05) is 0 Å². The van der Waals surface area contributed by atoms with Crippen LogP contribution in [0.25, 0.3) is 21.2 Å². The molecule has 2 aliphatic heterocycles. The number of benzene rings is 6. The molecular formula is C70H85BN2SSi. The van der Waals surface area contributed by atoms with Crippen LogP contribution in [0, 0.1) is 0 Å². The summed E-state index contributed by atoms with van der Waals surface area (Å²) in [5, 5.41) is 1.41. The maximum Gasteiger partial charge on any atom is 0.264 e. The largest absolute Gasteiger partial charge is 0.311 e. The third-order valence-electron chi connectivity index (χ3n) is 19.7. The Morgan fingerprint density at radius 2 is 1.07 bits per heavy atom. The van der Waals surface area contributed by atoms with Crippen LogP contribution in [0.3, 0.4) is 0 Å². The second-order valence-electron chi connectivity index (χ2n) is 30.4. The lowest BCUT2D eigenvalue weighted by Gasteiger charge is -2.49. The second-order valence-corrected chi connectivity index (χ2v) is 37.0. The van der Waals surface area contributed by atoms with E-state index in [0.717, 1.165) is 12.5 Å². The van der Waals surface area contributed by atoms with Crippen molar-refractivity contribution in [3.05, 3.63) is 148 Å². The van der Waals surface area contributed by atoms with Gasteiger partial charge in [0.2, 0.25) is 0 Å². The van der Waals surface area contributed by atoms with Gasteiger partial charge in [0.25, 0.3) is 6.71 Å². The van der Waals surface area contributed by atoms with Gasteiger partial charge in [0.05, 0.1) is 11.4 Å². The van der Waals surface area contributed by atoms with E-state index in [4.69, 9.17) is 0 Å². The number of rotatable bonds is 5. The normalized spacial score (nSPS) is 20.2. The molecule has 0 saturated heterocycles. The van der Waals surface area contributed by atoms with Gasteiger partial charge in [-0.25, -0.2) is 0 Å². The van der Waals surface area contributed by atoms with E-state index in [9.17, 15) is 0 Å². The molecule has 3 heterocycles. The lowest BCUT2D eigenvalue weighted by molar-refractivity contribution is 0.331. The van der Waals surface area contributed by atoms with E-state index in [2.05, 4.69) is 248 Å². The van der Waals surface area contributed by atoms with Gasteiger partial charge in [-0.05, 0) is 192 Å². The minimum absolute atomic E-state index is 0.0203. The van der Waals surface area contributed by atoms with E-state index in [1.165, 1.54) is 137 Å². The van der Waals surface area contributed by atoms with Gasteiger partial charge in [0.15, 0.2) is 0 Å². The van der Waals surface area contributed by atoms with Crippen LogP contribution in [0.2, 0.25) is 19.6 Å². The number of hydrogen-bond acceptors (Lipinski definition) is 3. The molecule has 0 unspecified atom stereocenters. The summed E-state index contributed by atoms with van der Waals surface area (Å²) in [5.74, 6) is 0. The van der Waals surface area contributed by atoms with E-state index in [1.54, 1.807) is 11.1 Å². The lowest BCUT2D eigenvalue weighted by atomic mass is 9.35. The number of anilines is 6. The number of hydrogen-bond donors (Lipinski definition) is 0. The van der Waals surface area contributed by atoms with E-state index in [-0.39, 0.29) is 44.6 Å². The maximum absolute atomic E-state index is 2.85. The maximum atomic E-state index is 2.85. The zero-order valence-electron chi connectivity index (χ0n) is 49.1. The fourth-order valence-corrected chi connectivity index (χ4v) is 17.6. The Morgan fingerprint density at radius 1 is 0.520 bits per heavy atom. The highest BCUT2D eigenvalue weighted by Crippen LogP contribution is 2.58. The van der Waals surface area contributed by atoms with Crippen molar-refractivity contribution in [1.82, 2.24) is 0 Å². The van der Waals surface area contributed by atoms with Gasteiger partial charge in [-0.15, -0.1) is 11.3 Å². The molecule has 0 N–H and O–H groups in total. The molecule has 75 heavy (non-hydrogen) atoms. The minimum Gasteiger partial charge on any atom is -0.311 e. The summed E-state index contributed by atoms with van der Waals surface area (Å²) in [6.45, 7) is 45.0. The van der Waals surface area contributed by atoms with E-state index < -0.39 is 8.07 Å². The van der Waals surface area contributed by atoms with Crippen LogP contribution < -0.4 is 25.5 Å². The molecule has 0 atom stereocenters. The fraction of sp³-hybridized carbons (Fsp3) is 0.457. The van der Waals surface area contributed by atoms with Crippen molar-refractivity contribution >= 4 is 86.0 Å². The molecule has 0 spiro atoms. The predicted octanol–water partition coefficient (Wildman–Crippen LogP) is 18.4. The first-order valence-corrected chi connectivity index (χ1v) is 33.3. The van der Waals surface area contributed by atoms with E-state index in [0.29, 0.717) is 0 Å². The summed E-state index contributed by atoms with van der Waals surface area (Å²) in [4.78, 5) is 5.66. The summed E-state index contributed by atoms with van der Waals surface area (Å²) in [5.41, 5.74) is 26.0. The Labute approximate surface area is 457 Å². The highest BCUT2D eigenvalue weighted by Gasteiger charge is 2.51. The standard InChI is InChI=1S/C70H85BN2SSi/c1-64(2,3)45-24-29-55(47(38-45)44-22-20-19-21-23-44)73-57-37-43(42-75(16,17)18)36-56-60(57)71(63-61(73)48-40-52-53(41-58(48)74-63)69(12,13)33-32-68(52,10)11)54-28-27-50-59(70(14,15)35-34-66(50,6)7)62(54)72(56)46-25-26-49-51(39-46)67(8,9)31-30-65(49,4)5/h19-29,36-41H,30-35,42H2,1-18H3. The Kier molecular flexibility index (Phi) is 11.1. The van der Waals surface area contributed by atoms with Crippen molar-refractivity contribution in [3.63, 3.8) is 0 Å². The third kappa shape index (κ3) is 7.94. The Balaban J connectivity index is 1.27. The molecule has 2 nitrogen and oxygen atoms in total. The van der Waals surface area contributed by atoms with Gasteiger partial charge in [-0.1, -0.05) is 178 Å². The van der Waals surface area contributed by atoms with Crippen LogP contribution in [0.4, 0.5) is 34.1 Å². The third-order valence-corrected chi connectivity index (χ3v) is 22.3. The molecule has 12 rings (SSSR count). The van der Waals surface area contributed by atoms with Crippen LogP contribution in [-0.4, -0.2) is 14.8 Å². The van der Waals surface area contributed by atoms with Gasteiger partial charge in [0.1, 0.15) is 0 Å². The number of thiophene rings is 1. The molecule has 3 aliphatic carbocycles. The first-order chi connectivity index (χ1) is 34.9. The zero-order valence-corrected chi connectivity index (χ0v) is 51.0. The van der Waals surface area contributed by atoms with Crippen molar-refractivity contribution in [3.8, 4) is 11.1 Å². The van der Waals surface area contributed by atoms with E-state index >= 15 is 0 Å².